The van der Waals surface area contributed by atoms with Crippen LogP contribution in [0.2, 0.25) is 0 Å². The van der Waals surface area contributed by atoms with Crippen molar-refractivity contribution in [3.63, 3.8) is 0 Å². The van der Waals surface area contributed by atoms with Crippen LogP contribution in [0.5, 0.6) is 0 Å². The van der Waals surface area contributed by atoms with Gasteiger partial charge in [0, 0.05) is 18.0 Å². The first kappa shape index (κ1) is 11.1. The second-order valence-electron chi connectivity index (χ2n) is 2.15. The minimum atomic E-state index is -4.46. The van der Waals surface area contributed by atoms with E-state index in [0.717, 1.165) is 6.20 Å². The van der Waals surface area contributed by atoms with Gasteiger partial charge in [0.25, 0.3) is 0 Å². The van der Waals surface area contributed by atoms with Gasteiger partial charge >= 0.3 is 6.18 Å². The summed E-state index contributed by atoms with van der Waals surface area (Å²) in [6.45, 7) is 0. The van der Waals surface area contributed by atoms with Gasteiger partial charge in [0.2, 0.25) is 5.12 Å². The Morgan fingerprint density at radius 1 is 1.69 bits per heavy atom. The van der Waals surface area contributed by atoms with Crippen LogP contribution in [0.15, 0.2) is 11.1 Å². The van der Waals surface area contributed by atoms with E-state index in [2.05, 4.69) is 12.6 Å². The summed E-state index contributed by atoms with van der Waals surface area (Å²) >= 11 is 8.96. The third-order valence-electron chi connectivity index (χ3n) is 1.19. The van der Waals surface area contributed by atoms with E-state index in [9.17, 15) is 18.0 Å². The number of thioether (sulfide) groups is 1. The minimum Gasteiger partial charge on any atom is -0.281 e. The second-order valence-corrected chi connectivity index (χ2v) is 4.07. The van der Waals surface area contributed by atoms with Crippen LogP contribution in [0.25, 0.3) is 0 Å². The SMILES string of the molecule is O=C(S)C1=CN(Cl)C(C(F)(F)F)S1. The van der Waals surface area contributed by atoms with Crippen molar-refractivity contribution >= 4 is 41.3 Å². The second kappa shape index (κ2) is 3.62. The molecule has 0 aromatic heterocycles. The molecule has 0 saturated carbocycles. The van der Waals surface area contributed by atoms with Crippen LogP contribution in [-0.2, 0) is 4.79 Å². The summed E-state index contributed by atoms with van der Waals surface area (Å²) < 4.78 is 36.8. The molecule has 0 aliphatic carbocycles. The fraction of sp³-hybridized carbons (Fsp3) is 0.400. The molecule has 2 nitrogen and oxygen atoms in total. The van der Waals surface area contributed by atoms with Crippen molar-refractivity contribution in [2.45, 2.75) is 11.6 Å². The average molecular weight is 250 g/mol. The van der Waals surface area contributed by atoms with E-state index in [-0.39, 0.29) is 4.91 Å². The molecule has 1 aliphatic rings. The predicted molar refractivity (Wildman–Crippen MR) is 47.2 cm³/mol. The molecule has 1 rings (SSSR count). The summed E-state index contributed by atoms with van der Waals surface area (Å²) in [6, 6.07) is 0. The Hall–Kier alpha value is -0.0100. The van der Waals surface area contributed by atoms with Gasteiger partial charge in [0.15, 0.2) is 5.37 Å². The van der Waals surface area contributed by atoms with E-state index < -0.39 is 16.7 Å². The summed E-state index contributed by atoms with van der Waals surface area (Å²) in [6.07, 6.45) is -3.55. The molecule has 0 bridgehead atoms. The number of nitrogens with zero attached hydrogens (tertiary/aromatic N) is 1. The minimum absolute atomic E-state index is 0.111. The number of hydrogen-bond acceptors (Lipinski definition) is 3. The zero-order valence-electron chi connectivity index (χ0n) is 5.88. The van der Waals surface area contributed by atoms with Crippen molar-refractivity contribution in [3.8, 4) is 0 Å². The van der Waals surface area contributed by atoms with Gasteiger partial charge in [-0.25, -0.2) is 0 Å². The first-order valence-corrected chi connectivity index (χ1v) is 4.61. The molecule has 1 atom stereocenters. The fourth-order valence-corrected chi connectivity index (χ4v) is 2.11. The molecule has 0 saturated heterocycles. The molecule has 74 valence electrons. The smallest absolute Gasteiger partial charge is 0.281 e. The molecular formula is C5H3ClF3NOS2. The lowest BCUT2D eigenvalue weighted by atomic mass is 10.6. The molecule has 1 unspecified atom stereocenters. The Labute approximate surface area is 86.6 Å². The van der Waals surface area contributed by atoms with Gasteiger partial charge in [0.1, 0.15) is 0 Å². The van der Waals surface area contributed by atoms with E-state index in [1.807, 2.05) is 0 Å². The number of carbonyl (C=O) groups excluding carboxylic acids is 1. The number of carbonyl (C=O) groups is 1. The largest absolute Gasteiger partial charge is 0.419 e. The van der Waals surface area contributed by atoms with Gasteiger partial charge in [-0.15, -0.1) is 0 Å². The van der Waals surface area contributed by atoms with Gasteiger partial charge in [-0.05, 0) is 0 Å². The Kier molecular flexibility index (Phi) is 3.09. The predicted octanol–water partition coefficient (Wildman–Crippen LogP) is 2.38. The molecule has 0 radical (unpaired) electrons. The van der Waals surface area contributed by atoms with Crippen molar-refractivity contribution in [2.75, 3.05) is 0 Å². The van der Waals surface area contributed by atoms with Gasteiger partial charge < -0.3 is 0 Å². The lowest BCUT2D eigenvalue weighted by molar-refractivity contribution is -0.142. The first-order chi connectivity index (χ1) is 5.82. The topological polar surface area (TPSA) is 20.3 Å². The summed E-state index contributed by atoms with van der Waals surface area (Å²) in [5, 5.41) is -2.62. The average Bonchev–Trinajstić information content (AvgIpc) is 2.29. The molecule has 0 amide bonds. The Morgan fingerprint density at radius 3 is 2.46 bits per heavy atom. The molecule has 13 heavy (non-hydrogen) atoms. The summed E-state index contributed by atoms with van der Waals surface area (Å²) in [5.74, 6) is 0. The standard InChI is InChI=1S/C5H3ClF3NOS2/c6-10-1-2(3(11)12)13-4(10)5(7,8)9/h1,4H,(H,11,12). The first-order valence-electron chi connectivity index (χ1n) is 2.95. The maximum Gasteiger partial charge on any atom is 0.419 e. The van der Waals surface area contributed by atoms with Crippen molar-refractivity contribution in [1.82, 2.24) is 4.42 Å². The van der Waals surface area contributed by atoms with Gasteiger partial charge in [-0.1, -0.05) is 24.4 Å². The number of alkyl halides is 3. The number of halogens is 4. The fourth-order valence-electron chi connectivity index (χ4n) is 0.693. The van der Waals surface area contributed by atoms with E-state index >= 15 is 0 Å². The van der Waals surface area contributed by atoms with Crippen LogP contribution in [0.1, 0.15) is 0 Å². The Bertz CT molecular complexity index is 267. The highest BCUT2D eigenvalue weighted by Gasteiger charge is 2.47. The maximum atomic E-state index is 12.1. The molecule has 0 N–H and O–H groups in total. The van der Waals surface area contributed by atoms with E-state index in [0.29, 0.717) is 16.2 Å². The Balaban J connectivity index is 2.76. The highest BCUT2D eigenvalue weighted by Crippen LogP contribution is 2.43. The highest BCUT2D eigenvalue weighted by atomic mass is 35.5. The van der Waals surface area contributed by atoms with Crippen LogP contribution in [0.4, 0.5) is 13.2 Å². The van der Waals surface area contributed by atoms with Gasteiger partial charge in [-0.3, -0.25) is 9.21 Å². The highest BCUT2D eigenvalue weighted by molar-refractivity contribution is 8.09. The Morgan fingerprint density at radius 2 is 2.23 bits per heavy atom. The molecule has 1 heterocycles. The van der Waals surface area contributed by atoms with E-state index in [1.54, 1.807) is 0 Å². The molecular weight excluding hydrogens is 247 g/mol. The number of rotatable bonds is 1. The van der Waals surface area contributed by atoms with Crippen LogP contribution < -0.4 is 0 Å². The van der Waals surface area contributed by atoms with Crippen LogP contribution in [-0.4, -0.2) is 21.1 Å². The molecule has 1 aliphatic heterocycles. The third-order valence-corrected chi connectivity index (χ3v) is 3.26. The van der Waals surface area contributed by atoms with Crippen LogP contribution >= 0.6 is 36.2 Å². The zero-order valence-corrected chi connectivity index (χ0v) is 8.34. The van der Waals surface area contributed by atoms with Gasteiger partial charge in [0.05, 0.1) is 4.91 Å². The lowest BCUT2D eigenvalue weighted by Gasteiger charge is -2.19. The van der Waals surface area contributed by atoms with Crippen molar-refractivity contribution in [2.24, 2.45) is 0 Å². The molecule has 0 aromatic carbocycles. The third kappa shape index (κ3) is 2.47. The van der Waals surface area contributed by atoms with Crippen LogP contribution in [0, 0.1) is 0 Å². The van der Waals surface area contributed by atoms with Crippen molar-refractivity contribution < 1.29 is 18.0 Å². The molecule has 0 fully saturated rings. The summed E-state index contributed by atoms with van der Waals surface area (Å²) in [7, 11) is 0. The molecule has 0 aromatic rings. The van der Waals surface area contributed by atoms with Crippen molar-refractivity contribution in [3.05, 3.63) is 11.1 Å². The van der Waals surface area contributed by atoms with Crippen LogP contribution in [0.3, 0.4) is 0 Å². The number of thiol groups is 1. The molecule has 0 spiro atoms. The maximum absolute atomic E-state index is 12.1. The monoisotopic (exact) mass is 249 g/mol. The van der Waals surface area contributed by atoms with E-state index in [1.165, 1.54) is 0 Å². The zero-order chi connectivity index (χ0) is 10.2. The summed E-state index contributed by atoms with van der Waals surface area (Å²) in [4.78, 5) is 10.5. The number of hydrogen-bond donors (Lipinski definition) is 1. The lowest BCUT2D eigenvalue weighted by Crippen LogP contribution is -2.32. The normalized spacial score (nSPS) is 23.3. The quantitative estimate of drug-likeness (QED) is 0.569. The molecule has 8 heteroatoms. The van der Waals surface area contributed by atoms with Crippen molar-refractivity contribution in [1.29, 1.82) is 0 Å². The van der Waals surface area contributed by atoms with E-state index in [4.69, 9.17) is 11.8 Å². The van der Waals surface area contributed by atoms with Gasteiger partial charge in [-0.2, -0.15) is 13.2 Å². The summed E-state index contributed by atoms with van der Waals surface area (Å²) in [5.41, 5.74) is 0.